The highest BCUT2D eigenvalue weighted by Gasteiger charge is 2.21. The molecule has 1 saturated heterocycles. The molecule has 3 heteroatoms. The van der Waals surface area contributed by atoms with Crippen molar-refractivity contribution < 1.29 is 4.74 Å². The first kappa shape index (κ1) is 13.9. The average molecular weight is 228 g/mol. The lowest BCUT2D eigenvalue weighted by atomic mass is 10.0. The molecule has 1 heterocycles. The van der Waals surface area contributed by atoms with E-state index in [0.717, 1.165) is 19.1 Å². The Hall–Kier alpha value is -0.120. The van der Waals surface area contributed by atoms with Gasteiger partial charge in [-0.25, -0.2) is 0 Å². The van der Waals surface area contributed by atoms with Crippen molar-refractivity contribution in [2.45, 2.75) is 51.6 Å². The third-order valence-corrected chi connectivity index (χ3v) is 3.58. The summed E-state index contributed by atoms with van der Waals surface area (Å²) in [5.74, 6) is 0. The molecule has 16 heavy (non-hydrogen) atoms. The maximum absolute atomic E-state index is 5.14. The molecule has 0 amide bonds. The molecule has 1 N–H and O–H groups in total. The van der Waals surface area contributed by atoms with Gasteiger partial charge in [-0.05, 0) is 52.2 Å². The second-order valence-electron chi connectivity index (χ2n) is 4.89. The predicted octanol–water partition coefficient (Wildman–Crippen LogP) is 1.88. The summed E-state index contributed by atoms with van der Waals surface area (Å²) < 4.78 is 5.14. The van der Waals surface area contributed by atoms with Crippen LogP contribution in [0, 0.1) is 0 Å². The highest BCUT2D eigenvalue weighted by molar-refractivity contribution is 4.79. The number of methoxy groups -OCH3 is 1. The largest absolute Gasteiger partial charge is 0.385 e. The third-order valence-electron chi connectivity index (χ3n) is 3.58. The van der Waals surface area contributed by atoms with Crippen LogP contribution in [0.1, 0.15) is 39.5 Å². The molecule has 1 atom stereocenters. The lowest BCUT2D eigenvalue weighted by Crippen LogP contribution is -2.46. The Morgan fingerprint density at radius 1 is 1.38 bits per heavy atom. The van der Waals surface area contributed by atoms with Gasteiger partial charge in [-0.2, -0.15) is 0 Å². The Bertz CT molecular complexity index is 167. The van der Waals surface area contributed by atoms with Gasteiger partial charge in [-0.1, -0.05) is 6.92 Å². The fourth-order valence-electron chi connectivity index (χ4n) is 2.36. The smallest absolute Gasteiger partial charge is 0.0477 e. The van der Waals surface area contributed by atoms with Gasteiger partial charge >= 0.3 is 0 Å². The molecular formula is C13H28N2O. The van der Waals surface area contributed by atoms with Gasteiger partial charge in [0.1, 0.15) is 0 Å². The minimum Gasteiger partial charge on any atom is -0.385 e. The van der Waals surface area contributed by atoms with Gasteiger partial charge in [0, 0.05) is 25.8 Å². The quantitative estimate of drug-likeness (QED) is 0.720. The van der Waals surface area contributed by atoms with Crippen LogP contribution >= 0.6 is 0 Å². The molecule has 96 valence electrons. The molecule has 0 saturated carbocycles. The summed E-state index contributed by atoms with van der Waals surface area (Å²) in [7, 11) is 1.79. The van der Waals surface area contributed by atoms with Crippen LogP contribution in [0.25, 0.3) is 0 Å². The number of likely N-dealkylation sites (tertiary alicyclic amines) is 1. The van der Waals surface area contributed by atoms with E-state index < -0.39 is 0 Å². The van der Waals surface area contributed by atoms with E-state index in [4.69, 9.17) is 4.74 Å². The molecular weight excluding hydrogens is 200 g/mol. The molecule has 1 aliphatic rings. The summed E-state index contributed by atoms with van der Waals surface area (Å²) in [6.45, 7) is 9.09. The monoisotopic (exact) mass is 228 g/mol. The fraction of sp³-hybridized carbons (Fsp3) is 1.00. The number of hydrogen-bond donors (Lipinski definition) is 1. The molecule has 1 aliphatic heterocycles. The Morgan fingerprint density at radius 3 is 2.62 bits per heavy atom. The SMILES string of the molecule is CCCNC1CCN(C(C)CCOC)CC1. The molecule has 1 fully saturated rings. The van der Waals surface area contributed by atoms with Crippen LogP contribution in [-0.4, -0.2) is 50.3 Å². The molecule has 3 nitrogen and oxygen atoms in total. The van der Waals surface area contributed by atoms with Crippen LogP contribution in [0.5, 0.6) is 0 Å². The zero-order valence-corrected chi connectivity index (χ0v) is 11.2. The number of nitrogens with zero attached hydrogens (tertiary/aromatic N) is 1. The summed E-state index contributed by atoms with van der Waals surface area (Å²) in [6.07, 6.45) is 5.00. The summed E-state index contributed by atoms with van der Waals surface area (Å²) in [6, 6.07) is 1.43. The van der Waals surface area contributed by atoms with Crippen molar-refractivity contribution in [2.24, 2.45) is 0 Å². The second-order valence-corrected chi connectivity index (χ2v) is 4.89. The second kappa shape index (κ2) is 8.04. The standard InChI is InChI=1S/C13H28N2O/c1-4-8-14-13-5-9-15(10-6-13)12(2)7-11-16-3/h12-14H,4-11H2,1-3H3. The molecule has 0 radical (unpaired) electrons. The van der Waals surface area contributed by atoms with Crippen molar-refractivity contribution in [3.8, 4) is 0 Å². The number of rotatable bonds is 7. The topological polar surface area (TPSA) is 24.5 Å². The Balaban J connectivity index is 2.15. The van der Waals surface area contributed by atoms with Gasteiger partial charge in [0.05, 0.1) is 0 Å². The molecule has 1 rings (SSSR count). The first-order valence-corrected chi connectivity index (χ1v) is 6.74. The lowest BCUT2D eigenvalue weighted by Gasteiger charge is -2.36. The van der Waals surface area contributed by atoms with Gasteiger partial charge in [-0.3, -0.25) is 0 Å². The number of piperidine rings is 1. The third kappa shape index (κ3) is 4.81. The van der Waals surface area contributed by atoms with Gasteiger partial charge in [0.2, 0.25) is 0 Å². The highest BCUT2D eigenvalue weighted by atomic mass is 16.5. The molecule has 0 aromatic heterocycles. The average Bonchev–Trinajstić information content (AvgIpc) is 2.34. The van der Waals surface area contributed by atoms with Crippen LogP contribution in [0.4, 0.5) is 0 Å². The van der Waals surface area contributed by atoms with Gasteiger partial charge in [0.25, 0.3) is 0 Å². The maximum atomic E-state index is 5.14. The van der Waals surface area contributed by atoms with Crippen molar-refractivity contribution in [2.75, 3.05) is 33.4 Å². The highest BCUT2D eigenvalue weighted by Crippen LogP contribution is 2.14. The number of hydrogen-bond acceptors (Lipinski definition) is 3. The van der Waals surface area contributed by atoms with Crippen LogP contribution in [0.3, 0.4) is 0 Å². The first-order chi connectivity index (χ1) is 7.77. The van der Waals surface area contributed by atoms with Crippen LogP contribution < -0.4 is 5.32 Å². The van der Waals surface area contributed by atoms with Gasteiger partial charge < -0.3 is 15.0 Å². The summed E-state index contributed by atoms with van der Waals surface area (Å²) in [5, 5.41) is 3.62. The minimum atomic E-state index is 0.673. The van der Waals surface area contributed by atoms with Gasteiger partial charge in [0.15, 0.2) is 0 Å². The van der Waals surface area contributed by atoms with Crippen LogP contribution in [-0.2, 0) is 4.74 Å². The Labute approximate surface area is 101 Å². The van der Waals surface area contributed by atoms with E-state index in [9.17, 15) is 0 Å². The van der Waals surface area contributed by atoms with Crippen LogP contribution in [0.15, 0.2) is 0 Å². The Kier molecular flexibility index (Phi) is 7.01. The summed E-state index contributed by atoms with van der Waals surface area (Å²) in [5.41, 5.74) is 0. The van der Waals surface area contributed by atoms with E-state index in [1.165, 1.54) is 38.9 Å². The van der Waals surface area contributed by atoms with Crippen molar-refractivity contribution in [3.05, 3.63) is 0 Å². The fourth-order valence-corrected chi connectivity index (χ4v) is 2.36. The maximum Gasteiger partial charge on any atom is 0.0477 e. The van der Waals surface area contributed by atoms with E-state index >= 15 is 0 Å². The molecule has 0 aromatic rings. The molecule has 0 spiro atoms. The van der Waals surface area contributed by atoms with Gasteiger partial charge in [-0.15, -0.1) is 0 Å². The van der Waals surface area contributed by atoms with Crippen molar-refractivity contribution in [3.63, 3.8) is 0 Å². The molecule has 0 bridgehead atoms. The molecule has 0 aromatic carbocycles. The lowest BCUT2D eigenvalue weighted by molar-refractivity contribution is 0.113. The first-order valence-electron chi connectivity index (χ1n) is 6.74. The van der Waals surface area contributed by atoms with Crippen LogP contribution in [0.2, 0.25) is 0 Å². The zero-order chi connectivity index (χ0) is 11.8. The normalized spacial score (nSPS) is 21.2. The zero-order valence-electron chi connectivity index (χ0n) is 11.2. The predicted molar refractivity (Wildman–Crippen MR) is 68.8 cm³/mol. The van der Waals surface area contributed by atoms with Crippen molar-refractivity contribution in [1.82, 2.24) is 10.2 Å². The molecule has 1 unspecified atom stereocenters. The summed E-state index contributed by atoms with van der Waals surface area (Å²) in [4.78, 5) is 2.60. The van der Waals surface area contributed by atoms with Crippen molar-refractivity contribution >= 4 is 0 Å². The minimum absolute atomic E-state index is 0.673. The Morgan fingerprint density at radius 2 is 2.06 bits per heavy atom. The van der Waals surface area contributed by atoms with E-state index in [1.54, 1.807) is 7.11 Å². The molecule has 0 aliphatic carbocycles. The number of nitrogens with one attached hydrogen (secondary N) is 1. The van der Waals surface area contributed by atoms with E-state index in [2.05, 4.69) is 24.1 Å². The summed E-state index contributed by atoms with van der Waals surface area (Å²) >= 11 is 0. The van der Waals surface area contributed by atoms with Crippen molar-refractivity contribution in [1.29, 1.82) is 0 Å². The number of ether oxygens (including phenoxy) is 1. The van der Waals surface area contributed by atoms with E-state index in [-0.39, 0.29) is 0 Å². The van der Waals surface area contributed by atoms with E-state index in [0.29, 0.717) is 6.04 Å². The van der Waals surface area contributed by atoms with E-state index in [1.807, 2.05) is 0 Å².